The molecule has 1 aliphatic heterocycles. The van der Waals surface area contributed by atoms with E-state index in [4.69, 9.17) is 0 Å². The second-order valence-corrected chi connectivity index (χ2v) is 7.54. The van der Waals surface area contributed by atoms with Gasteiger partial charge in [-0.05, 0) is 43.6 Å². The number of nitrogens with one attached hydrogen (secondary N) is 1. The maximum atomic E-state index is 12.0. The first kappa shape index (κ1) is 17.8. The monoisotopic (exact) mass is 342 g/mol. The van der Waals surface area contributed by atoms with E-state index in [-0.39, 0.29) is 18.5 Å². The van der Waals surface area contributed by atoms with Gasteiger partial charge in [0.2, 0.25) is 5.91 Å². The standard InChI is InChI=1S/C20H30N4O/c1-15(16-7-5-4-6-8-16)22-20(21-13-19(25)23(2)3)24-12-11-18(14-24)17-9-10-17/h4-8,15,17-18H,9-14H2,1-3H3,(H,21,22). The highest BCUT2D eigenvalue weighted by Crippen LogP contribution is 2.41. The molecule has 0 radical (unpaired) electrons. The third kappa shape index (κ3) is 4.74. The van der Waals surface area contributed by atoms with Crippen molar-refractivity contribution in [2.24, 2.45) is 16.8 Å². The number of likely N-dealkylation sites (tertiary alicyclic amines) is 1. The third-order valence-electron chi connectivity index (χ3n) is 5.32. The van der Waals surface area contributed by atoms with Crippen LogP contribution < -0.4 is 5.32 Å². The molecular weight excluding hydrogens is 312 g/mol. The summed E-state index contributed by atoms with van der Waals surface area (Å²) < 4.78 is 0. The molecule has 2 aliphatic rings. The zero-order chi connectivity index (χ0) is 17.8. The molecule has 1 heterocycles. The Kier molecular flexibility index (Phi) is 5.61. The van der Waals surface area contributed by atoms with Crippen LogP contribution in [0.2, 0.25) is 0 Å². The fraction of sp³-hybridized carbons (Fsp3) is 0.600. The number of carbonyl (C=O) groups excluding carboxylic acids is 1. The van der Waals surface area contributed by atoms with Gasteiger partial charge in [0, 0.05) is 27.2 Å². The van der Waals surface area contributed by atoms with E-state index >= 15 is 0 Å². The van der Waals surface area contributed by atoms with Gasteiger partial charge in [-0.3, -0.25) is 4.79 Å². The van der Waals surface area contributed by atoms with Crippen molar-refractivity contribution in [3.05, 3.63) is 35.9 Å². The number of likely N-dealkylation sites (N-methyl/N-ethyl adjacent to an activating group) is 1. The maximum Gasteiger partial charge on any atom is 0.243 e. The Morgan fingerprint density at radius 1 is 1.24 bits per heavy atom. The van der Waals surface area contributed by atoms with Crippen molar-refractivity contribution in [2.75, 3.05) is 33.7 Å². The number of nitrogens with zero attached hydrogens (tertiary/aromatic N) is 3. The van der Waals surface area contributed by atoms with E-state index in [0.29, 0.717) is 0 Å². The molecule has 1 amide bonds. The van der Waals surface area contributed by atoms with Crippen LogP contribution in [-0.2, 0) is 4.79 Å². The Hall–Kier alpha value is -2.04. The summed E-state index contributed by atoms with van der Waals surface area (Å²) in [6.07, 6.45) is 4.02. The summed E-state index contributed by atoms with van der Waals surface area (Å²) >= 11 is 0. The lowest BCUT2D eigenvalue weighted by molar-refractivity contribution is -0.127. The summed E-state index contributed by atoms with van der Waals surface area (Å²) in [5.74, 6) is 2.61. The minimum atomic E-state index is 0.0320. The van der Waals surface area contributed by atoms with E-state index in [0.717, 1.165) is 30.9 Å². The average molecular weight is 342 g/mol. The van der Waals surface area contributed by atoms with Gasteiger partial charge in [0.1, 0.15) is 6.54 Å². The van der Waals surface area contributed by atoms with Crippen LogP contribution in [0.5, 0.6) is 0 Å². The molecule has 0 bridgehead atoms. The molecule has 1 aromatic carbocycles. The van der Waals surface area contributed by atoms with Gasteiger partial charge >= 0.3 is 0 Å². The van der Waals surface area contributed by atoms with Gasteiger partial charge in [0.15, 0.2) is 5.96 Å². The van der Waals surface area contributed by atoms with Crippen LogP contribution in [0.25, 0.3) is 0 Å². The molecule has 5 nitrogen and oxygen atoms in total. The van der Waals surface area contributed by atoms with Crippen LogP contribution in [0.15, 0.2) is 35.3 Å². The smallest absolute Gasteiger partial charge is 0.243 e. The fourth-order valence-electron chi connectivity index (χ4n) is 3.47. The molecule has 25 heavy (non-hydrogen) atoms. The van der Waals surface area contributed by atoms with E-state index in [1.807, 2.05) is 6.07 Å². The second-order valence-electron chi connectivity index (χ2n) is 7.54. The minimum absolute atomic E-state index is 0.0320. The molecule has 0 aromatic heterocycles. The van der Waals surface area contributed by atoms with Gasteiger partial charge < -0.3 is 15.1 Å². The van der Waals surface area contributed by atoms with Gasteiger partial charge in [0.25, 0.3) is 0 Å². The number of carbonyl (C=O) groups is 1. The molecule has 1 saturated carbocycles. The van der Waals surface area contributed by atoms with Crippen LogP contribution in [-0.4, -0.2) is 55.4 Å². The number of amides is 1. The Morgan fingerprint density at radius 2 is 1.96 bits per heavy atom. The van der Waals surface area contributed by atoms with Crippen molar-refractivity contribution in [2.45, 2.75) is 32.2 Å². The molecule has 136 valence electrons. The Labute approximate surface area is 151 Å². The first-order chi connectivity index (χ1) is 12.0. The molecule has 3 rings (SSSR count). The summed E-state index contributed by atoms with van der Waals surface area (Å²) in [7, 11) is 3.55. The van der Waals surface area contributed by atoms with E-state index in [1.165, 1.54) is 24.8 Å². The third-order valence-corrected chi connectivity index (χ3v) is 5.32. The Bertz CT molecular complexity index is 609. The first-order valence-electron chi connectivity index (χ1n) is 9.35. The number of guanidine groups is 1. The van der Waals surface area contributed by atoms with Crippen molar-refractivity contribution in [1.82, 2.24) is 15.1 Å². The largest absolute Gasteiger partial charge is 0.350 e. The highest BCUT2D eigenvalue weighted by molar-refractivity contribution is 5.85. The molecule has 5 heteroatoms. The van der Waals surface area contributed by atoms with Crippen molar-refractivity contribution in [3.63, 3.8) is 0 Å². The molecule has 1 aromatic rings. The lowest BCUT2D eigenvalue weighted by atomic mass is 10.0. The highest BCUT2D eigenvalue weighted by Gasteiger charge is 2.36. The summed E-state index contributed by atoms with van der Waals surface area (Å²) in [4.78, 5) is 20.6. The Morgan fingerprint density at radius 3 is 2.60 bits per heavy atom. The van der Waals surface area contributed by atoms with Crippen LogP contribution in [0, 0.1) is 11.8 Å². The number of hydrogen-bond acceptors (Lipinski definition) is 2. The van der Waals surface area contributed by atoms with Gasteiger partial charge in [-0.2, -0.15) is 0 Å². The molecule has 1 saturated heterocycles. The van der Waals surface area contributed by atoms with Crippen LogP contribution in [0.1, 0.15) is 37.8 Å². The number of rotatable bonds is 5. The van der Waals surface area contributed by atoms with Gasteiger partial charge in [-0.15, -0.1) is 0 Å². The fourth-order valence-corrected chi connectivity index (χ4v) is 3.47. The predicted octanol–water partition coefficient (Wildman–Crippen LogP) is 2.51. The average Bonchev–Trinajstić information content (AvgIpc) is 3.36. The van der Waals surface area contributed by atoms with Gasteiger partial charge in [0.05, 0.1) is 6.04 Å². The summed E-state index contributed by atoms with van der Waals surface area (Å²) in [6, 6.07) is 10.5. The van der Waals surface area contributed by atoms with E-state index in [2.05, 4.69) is 46.4 Å². The van der Waals surface area contributed by atoms with Crippen molar-refractivity contribution in [1.29, 1.82) is 0 Å². The Balaban J connectivity index is 1.69. The number of aliphatic imine (C=N–C) groups is 1. The minimum Gasteiger partial charge on any atom is -0.350 e. The lowest BCUT2D eigenvalue weighted by Gasteiger charge is -2.26. The molecule has 2 fully saturated rings. The molecule has 1 N–H and O–H groups in total. The topological polar surface area (TPSA) is 47.9 Å². The van der Waals surface area contributed by atoms with E-state index < -0.39 is 0 Å². The molecule has 2 unspecified atom stereocenters. The SMILES string of the molecule is CC(NC(=NCC(=O)N(C)C)N1CCC(C2CC2)C1)c1ccccc1. The van der Waals surface area contributed by atoms with Crippen molar-refractivity contribution in [3.8, 4) is 0 Å². The molecular formula is C20H30N4O. The maximum absolute atomic E-state index is 12.0. The molecule has 2 atom stereocenters. The van der Waals surface area contributed by atoms with E-state index in [9.17, 15) is 4.79 Å². The normalized spacial score (nSPS) is 22.0. The van der Waals surface area contributed by atoms with Crippen molar-refractivity contribution >= 4 is 11.9 Å². The highest BCUT2D eigenvalue weighted by atomic mass is 16.2. The summed E-state index contributed by atoms with van der Waals surface area (Å²) in [5, 5.41) is 3.55. The zero-order valence-electron chi connectivity index (χ0n) is 15.6. The summed E-state index contributed by atoms with van der Waals surface area (Å²) in [5.41, 5.74) is 1.23. The van der Waals surface area contributed by atoms with Crippen molar-refractivity contribution < 1.29 is 4.79 Å². The zero-order valence-corrected chi connectivity index (χ0v) is 15.6. The van der Waals surface area contributed by atoms with Gasteiger partial charge in [-0.25, -0.2) is 4.99 Å². The second kappa shape index (κ2) is 7.89. The lowest BCUT2D eigenvalue weighted by Crippen LogP contribution is -2.42. The molecule has 0 spiro atoms. The van der Waals surface area contributed by atoms with E-state index in [1.54, 1.807) is 19.0 Å². The summed E-state index contributed by atoms with van der Waals surface area (Å²) in [6.45, 7) is 4.44. The number of hydrogen-bond donors (Lipinski definition) is 1. The van der Waals surface area contributed by atoms with Crippen LogP contribution in [0.3, 0.4) is 0 Å². The van der Waals surface area contributed by atoms with Crippen LogP contribution >= 0.6 is 0 Å². The predicted molar refractivity (Wildman–Crippen MR) is 101 cm³/mol. The number of benzene rings is 1. The van der Waals surface area contributed by atoms with Gasteiger partial charge in [-0.1, -0.05) is 30.3 Å². The molecule has 1 aliphatic carbocycles. The quantitative estimate of drug-likeness (QED) is 0.661. The first-order valence-corrected chi connectivity index (χ1v) is 9.35. The van der Waals surface area contributed by atoms with Crippen LogP contribution in [0.4, 0.5) is 0 Å².